The predicted octanol–water partition coefficient (Wildman–Crippen LogP) is 2.75. The Kier molecular flexibility index (Phi) is 3.26. The summed E-state index contributed by atoms with van der Waals surface area (Å²) in [5.41, 5.74) is 7.30. The van der Waals surface area contributed by atoms with Crippen LogP contribution >= 0.6 is 11.3 Å². The molecule has 0 aliphatic carbocycles. The van der Waals surface area contributed by atoms with E-state index in [1.807, 2.05) is 12.3 Å². The molecule has 2 N–H and O–H groups in total. The monoisotopic (exact) mass is 237 g/mol. The highest BCUT2D eigenvalue weighted by Gasteiger charge is 2.10. The van der Waals surface area contributed by atoms with E-state index in [4.69, 9.17) is 5.73 Å². The van der Waals surface area contributed by atoms with Crippen molar-refractivity contribution < 1.29 is 4.39 Å². The van der Waals surface area contributed by atoms with Crippen molar-refractivity contribution in [3.63, 3.8) is 0 Å². The number of thiazole rings is 1. The number of halogens is 1. The molecule has 0 fully saturated rings. The quantitative estimate of drug-likeness (QED) is 0.893. The van der Waals surface area contributed by atoms with E-state index in [2.05, 4.69) is 9.97 Å². The largest absolute Gasteiger partial charge is 0.322 e. The molecule has 2 aromatic heterocycles. The molecule has 2 rings (SSSR count). The standard InChI is InChI=1S/C11H12FN3S/c1-2-8(13)11-15-10(6-16-11)9-4-3-7(12)5-14-9/h3-6,8H,2,13H2,1H3. The van der Waals surface area contributed by atoms with E-state index in [1.165, 1.54) is 23.6 Å². The van der Waals surface area contributed by atoms with Gasteiger partial charge in [-0.2, -0.15) is 0 Å². The minimum absolute atomic E-state index is 0.0285. The zero-order valence-electron chi connectivity index (χ0n) is 8.85. The van der Waals surface area contributed by atoms with E-state index in [9.17, 15) is 4.39 Å². The second-order valence-corrected chi connectivity index (χ2v) is 4.34. The first-order valence-electron chi connectivity index (χ1n) is 5.03. The first-order valence-corrected chi connectivity index (χ1v) is 5.91. The Labute approximate surface area is 97.2 Å². The lowest BCUT2D eigenvalue weighted by Gasteiger charge is -2.02. The Hall–Kier alpha value is -1.33. The predicted molar refractivity (Wildman–Crippen MR) is 62.5 cm³/mol. The summed E-state index contributed by atoms with van der Waals surface area (Å²) in [6.45, 7) is 2.02. The lowest BCUT2D eigenvalue weighted by molar-refractivity contribution is 0.622. The number of rotatable bonds is 3. The van der Waals surface area contributed by atoms with Crippen molar-refractivity contribution in [1.29, 1.82) is 0 Å². The second kappa shape index (κ2) is 4.67. The number of pyridine rings is 1. The van der Waals surface area contributed by atoms with Crippen LogP contribution in [0.2, 0.25) is 0 Å². The van der Waals surface area contributed by atoms with E-state index in [0.29, 0.717) is 5.69 Å². The van der Waals surface area contributed by atoms with Crippen LogP contribution in [-0.2, 0) is 0 Å². The second-order valence-electron chi connectivity index (χ2n) is 3.45. The first-order chi connectivity index (χ1) is 7.70. The number of nitrogens with two attached hydrogens (primary N) is 1. The van der Waals surface area contributed by atoms with Gasteiger partial charge in [0.05, 0.1) is 23.6 Å². The molecule has 0 aromatic carbocycles. The van der Waals surface area contributed by atoms with Gasteiger partial charge in [0.15, 0.2) is 0 Å². The minimum atomic E-state index is -0.343. The summed E-state index contributed by atoms with van der Waals surface area (Å²) in [6, 6.07) is 2.96. The number of nitrogens with zero attached hydrogens (tertiary/aromatic N) is 2. The molecule has 16 heavy (non-hydrogen) atoms. The Morgan fingerprint density at radius 3 is 2.88 bits per heavy atom. The lowest BCUT2D eigenvalue weighted by atomic mass is 10.2. The van der Waals surface area contributed by atoms with E-state index < -0.39 is 0 Å². The van der Waals surface area contributed by atoms with Gasteiger partial charge in [-0.25, -0.2) is 9.37 Å². The van der Waals surface area contributed by atoms with Gasteiger partial charge in [0.25, 0.3) is 0 Å². The third-order valence-electron chi connectivity index (χ3n) is 2.27. The van der Waals surface area contributed by atoms with Crippen molar-refractivity contribution in [2.45, 2.75) is 19.4 Å². The van der Waals surface area contributed by atoms with E-state index in [1.54, 1.807) is 6.07 Å². The average Bonchev–Trinajstić information content (AvgIpc) is 2.78. The summed E-state index contributed by atoms with van der Waals surface area (Å²) in [5.74, 6) is -0.343. The molecule has 1 unspecified atom stereocenters. The van der Waals surface area contributed by atoms with E-state index >= 15 is 0 Å². The van der Waals surface area contributed by atoms with Crippen LogP contribution < -0.4 is 5.73 Å². The van der Waals surface area contributed by atoms with Gasteiger partial charge in [-0.3, -0.25) is 4.98 Å². The summed E-state index contributed by atoms with van der Waals surface area (Å²) >= 11 is 1.51. The van der Waals surface area contributed by atoms with Crippen LogP contribution in [0.1, 0.15) is 24.4 Å². The van der Waals surface area contributed by atoms with Crippen LogP contribution in [0.5, 0.6) is 0 Å². The first kappa shape index (κ1) is 11.2. The van der Waals surface area contributed by atoms with Crippen LogP contribution in [0.15, 0.2) is 23.7 Å². The van der Waals surface area contributed by atoms with Crippen molar-refractivity contribution in [2.75, 3.05) is 0 Å². The maximum absolute atomic E-state index is 12.7. The van der Waals surface area contributed by atoms with Gasteiger partial charge in [-0.05, 0) is 18.6 Å². The van der Waals surface area contributed by atoms with Gasteiger partial charge in [0, 0.05) is 5.38 Å². The number of hydrogen-bond donors (Lipinski definition) is 1. The molecule has 0 saturated heterocycles. The maximum Gasteiger partial charge on any atom is 0.141 e. The van der Waals surface area contributed by atoms with Gasteiger partial charge in [-0.15, -0.1) is 11.3 Å². The van der Waals surface area contributed by atoms with Crippen molar-refractivity contribution in [3.8, 4) is 11.4 Å². The zero-order valence-corrected chi connectivity index (χ0v) is 9.67. The van der Waals surface area contributed by atoms with Crippen LogP contribution in [0.4, 0.5) is 4.39 Å². The molecule has 3 nitrogen and oxygen atoms in total. The Morgan fingerprint density at radius 1 is 1.44 bits per heavy atom. The maximum atomic E-state index is 12.7. The zero-order chi connectivity index (χ0) is 11.5. The SMILES string of the molecule is CCC(N)c1nc(-c2ccc(F)cn2)cs1. The molecular formula is C11H12FN3S. The van der Waals surface area contributed by atoms with Crippen molar-refractivity contribution in [3.05, 3.63) is 34.5 Å². The van der Waals surface area contributed by atoms with Crippen molar-refractivity contribution >= 4 is 11.3 Å². The number of hydrogen-bond acceptors (Lipinski definition) is 4. The fraction of sp³-hybridized carbons (Fsp3) is 0.273. The van der Waals surface area contributed by atoms with Gasteiger partial charge < -0.3 is 5.73 Å². The highest BCUT2D eigenvalue weighted by molar-refractivity contribution is 7.10. The lowest BCUT2D eigenvalue weighted by Crippen LogP contribution is -2.07. The van der Waals surface area contributed by atoms with Crippen LogP contribution in [-0.4, -0.2) is 9.97 Å². The summed E-state index contributed by atoms with van der Waals surface area (Å²) in [4.78, 5) is 8.36. The molecule has 84 valence electrons. The normalized spacial score (nSPS) is 12.7. The fourth-order valence-electron chi connectivity index (χ4n) is 1.28. The van der Waals surface area contributed by atoms with Crippen LogP contribution in [0.3, 0.4) is 0 Å². The summed E-state index contributed by atoms with van der Waals surface area (Å²) in [7, 11) is 0. The molecule has 0 aliphatic rings. The Morgan fingerprint density at radius 2 is 2.25 bits per heavy atom. The fourth-order valence-corrected chi connectivity index (χ4v) is 2.18. The summed E-state index contributed by atoms with van der Waals surface area (Å²) < 4.78 is 12.7. The molecule has 0 bridgehead atoms. The molecule has 0 spiro atoms. The smallest absolute Gasteiger partial charge is 0.141 e. The highest BCUT2D eigenvalue weighted by atomic mass is 32.1. The Bertz CT molecular complexity index is 466. The molecule has 0 saturated carbocycles. The van der Waals surface area contributed by atoms with Gasteiger partial charge in [-0.1, -0.05) is 6.92 Å². The van der Waals surface area contributed by atoms with Gasteiger partial charge in [0.2, 0.25) is 0 Å². The van der Waals surface area contributed by atoms with Crippen molar-refractivity contribution in [2.24, 2.45) is 5.73 Å². The summed E-state index contributed by atoms with van der Waals surface area (Å²) in [5, 5.41) is 2.79. The third kappa shape index (κ3) is 2.25. The minimum Gasteiger partial charge on any atom is -0.322 e. The Balaban J connectivity index is 2.28. The van der Waals surface area contributed by atoms with E-state index in [0.717, 1.165) is 17.1 Å². The molecule has 2 heterocycles. The summed E-state index contributed by atoms with van der Waals surface area (Å²) in [6.07, 6.45) is 2.04. The van der Waals surface area contributed by atoms with Crippen LogP contribution in [0.25, 0.3) is 11.4 Å². The van der Waals surface area contributed by atoms with Gasteiger partial charge in [0.1, 0.15) is 10.8 Å². The van der Waals surface area contributed by atoms with Gasteiger partial charge >= 0.3 is 0 Å². The molecule has 0 aliphatic heterocycles. The molecule has 1 atom stereocenters. The molecule has 5 heteroatoms. The average molecular weight is 237 g/mol. The number of aromatic nitrogens is 2. The van der Waals surface area contributed by atoms with E-state index in [-0.39, 0.29) is 11.9 Å². The third-order valence-corrected chi connectivity index (χ3v) is 3.25. The molecule has 0 amide bonds. The van der Waals surface area contributed by atoms with Crippen molar-refractivity contribution in [1.82, 2.24) is 9.97 Å². The highest BCUT2D eigenvalue weighted by Crippen LogP contribution is 2.24. The van der Waals surface area contributed by atoms with Crippen LogP contribution in [0, 0.1) is 5.82 Å². The molecular weight excluding hydrogens is 225 g/mol. The molecule has 0 radical (unpaired) electrons. The topological polar surface area (TPSA) is 51.8 Å². The molecule has 2 aromatic rings.